The Bertz CT molecular complexity index is 2140. The number of piperidine rings is 1. The fourth-order valence-corrected chi connectivity index (χ4v) is 6.11. The van der Waals surface area contributed by atoms with E-state index in [1.807, 2.05) is 11.0 Å². The first-order valence-electron chi connectivity index (χ1n) is 20.3. The number of nitrogens with zero attached hydrogens (tertiary/aromatic N) is 4. The second-order valence-corrected chi connectivity index (χ2v) is 15.8. The molecule has 0 aliphatic carbocycles. The molecule has 2 aliphatic rings. The van der Waals surface area contributed by atoms with Gasteiger partial charge in [0.05, 0.1) is 18.9 Å². The Morgan fingerprint density at radius 3 is 1.80 bits per heavy atom. The molecule has 2 fully saturated rings. The van der Waals surface area contributed by atoms with Gasteiger partial charge in [0.15, 0.2) is 30.0 Å². The molecule has 5 aromatic rings. The molecule has 0 spiro atoms. The van der Waals surface area contributed by atoms with Crippen molar-refractivity contribution >= 4 is 51.8 Å². The first kappa shape index (κ1) is 58.0. The molecule has 5 heterocycles. The maximum atomic E-state index is 14.6. The van der Waals surface area contributed by atoms with E-state index in [4.69, 9.17) is 32.7 Å². The summed E-state index contributed by atoms with van der Waals surface area (Å²) in [6.45, 7) is 10.8. The SMILES string of the molecule is CCCC1COC(c2ccc(-c3cc(F)c(C(F)(F)Oc4cc(F)c(F)c(F)c4)c(F)c3)nc2)OC1.Clc1ccc(Br)cn1.O=CN1CCCCC1.O=Cc1ccc(Cl)nc1.[CH2-]CCC.[Li+]. The number of ether oxygens (including phenoxy) is 3. The summed E-state index contributed by atoms with van der Waals surface area (Å²) < 4.78 is 114. The second-order valence-electron chi connectivity index (χ2n) is 14.2. The smallest absolute Gasteiger partial charge is 0.429 e. The third-order valence-corrected chi connectivity index (χ3v) is 9.94. The first-order valence-corrected chi connectivity index (χ1v) is 21.8. The third kappa shape index (κ3) is 19.6. The van der Waals surface area contributed by atoms with Crippen LogP contribution in [-0.2, 0) is 20.4 Å². The van der Waals surface area contributed by atoms with Crippen molar-refractivity contribution in [2.45, 2.75) is 71.2 Å². The van der Waals surface area contributed by atoms with Gasteiger partial charge < -0.3 is 26.0 Å². The van der Waals surface area contributed by atoms with E-state index in [0.29, 0.717) is 52.7 Å². The molecule has 2 saturated heterocycles. The Morgan fingerprint density at radius 1 is 0.803 bits per heavy atom. The van der Waals surface area contributed by atoms with Crippen LogP contribution in [0.4, 0.5) is 30.7 Å². The third-order valence-electron chi connectivity index (χ3n) is 9.03. The molecule has 3 aromatic heterocycles. The van der Waals surface area contributed by atoms with Crippen molar-refractivity contribution < 1.29 is 73.4 Å². The number of likely N-dealkylation sites (tertiary alicyclic amines) is 1. The van der Waals surface area contributed by atoms with Gasteiger partial charge in [-0.15, -0.1) is 0 Å². The molecular formula is C46H47BrCl2F7LiN4O5. The van der Waals surface area contributed by atoms with Crippen LogP contribution in [0.25, 0.3) is 11.3 Å². The number of hydrogen-bond donors (Lipinski definition) is 0. The quantitative estimate of drug-likeness (QED) is 0.0340. The molecule has 9 nitrogen and oxygen atoms in total. The molecule has 352 valence electrons. The minimum atomic E-state index is -4.67. The van der Waals surface area contributed by atoms with Gasteiger partial charge in [0.2, 0.25) is 6.41 Å². The van der Waals surface area contributed by atoms with E-state index in [-0.39, 0.29) is 42.3 Å². The summed E-state index contributed by atoms with van der Waals surface area (Å²) >= 11 is 14.1. The van der Waals surface area contributed by atoms with E-state index in [1.54, 1.807) is 30.5 Å². The summed E-state index contributed by atoms with van der Waals surface area (Å²) in [5.41, 5.74) is -0.749. The molecule has 0 saturated carbocycles. The summed E-state index contributed by atoms with van der Waals surface area (Å²) in [4.78, 5) is 33.6. The average Bonchev–Trinajstić information content (AvgIpc) is 3.30. The molecule has 0 atom stereocenters. The largest absolute Gasteiger partial charge is 1.00 e. The Balaban J connectivity index is 0.000000398. The van der Waals surface area contributed by atoms with Crippen LogP contribution >= 0.6 is 39.1 Å². The number of hydrogen-bond acceptors (Lipinski definition) is 8. The molecule has 7 rings (SSSR count). The zero-order valence-electron chi connectivity index (χ0n) is 36.4. The molecule has 66 heavy (non-hydrogen) atoms. The zero-order chi connectivity index (χ0) is 47.9. The van der Waals surface area contributed by atoms with Crippen molar-refractivity contribution in [1.29, 1.82) is 0 Å². The normalized spacial score (nSPS) is 15.3. The topological polar surface area (TPSA) is 104 Å². The molecule has 2 aliphatic heterocycles. The summed E-state index contributed by atoms with van der Waals surface area (Å²) in [5, 5.41) is 0.925. The average molecular weight is 1030 g/mol. The number of carbonyl (C=O) groups excluding carboxylic acids is 2. The Kier molecular flexibility index (Phi) is 26.7. The van der Waals surface area contributed by atoms with Crippen LogP contribution in [0.3, 0.4) is 0 Å². The maximum Gasteiger partial charge on any atom is 1.00 e. The van der Waals surface area contributed by atoms with Crippen LogP contribution in [0, 0.1) is 41.9 Å². The van der Waals surface area contributed by atoms with Gasteiger partial charge in [-0.1, -0.05) is 56.0 Å². The van der Waals surface area contributed by atoms with E-state index in [1.165, 1.54) is 44.1 Å². The fourth-order valence-electron chi connectivity index (χ4n) is 5.65. The molecule has 0 radical (unpaired) electrons. The van der Waals surface area contributed by atoms with Crippen molar-refractivity contribution in [2.24, 2.45) is 5.92 Å². The summed E-state index contributed by atoms with van der Waals surface area (Å²) in [6, 6.07) is 11.3. The van der Waals surface area contributed by atoms with Crippen molar-refractivity contribution in [1.82, 2.24) is 19.9 Å². The van der Waals surface area contributed by atoms with Gasteiger partial charge in [-0.05, 0) is 84.1 Å². The van der Waals surface area contributed by atoms with Crippen LogP contribution in [0.15, 0.2) is 83.7 Å². The summed E-state index contributed by atoms with van der Waals surface area (Å²) in [6.07, 6.45) is 8.75. The molecule has 0 bridgehead atoms. The monoisotopic (exact) mass is 1020 g/mol. The number of aromatic nitrogens is 3. The van der Waals surface area contributed by atoms with Gasteiger partial charge in [0.1, 0.15) is 33.3 Å². The number of amides is 1. The van der Waals surface area contributed by atoms with Gasteiger partial charge in [0.25, 0.3) is 0 Å². The van der Waals surface area contributed by atoms with Crippen LogP contribution < -0.4 is 23.6 Å². The van der Waals surface area contributed by atoms with Gasteiger partial charge >= 0.3 is 25.0 Å². The van der Waals surface area contributed by atoms with Crippen molar-refractivity contribution in [3.8, 4) is 17.0 Å². The number of unbranched alkanes of at least 4 members (excludes halogenated alkanes) is 1. The van der Waals surface area contributed by atoms with Gasteiger partial charge in [0, 0.05) is 70.9 Å². The number of alkyl halides is 2. The van der Waals surface area contributed by atoms with Crippen molar-refractivity contribution in [3.05, 3.63) is 147 Å². The fraction of sp³-hybridized carbons (Fsp3) is 0.348. The number of aldehydes is 1. The predicted molar refractivity (Wildman–Crippen MR) is 237 cm³/mol. The molecule has 20 heteroatoms. The second kappa shape index (κ2) is 30.3. The Morgan fingerprint density at radius 2 is 1.38 bits per heavy atom. The van der Waals surface area contributed by atoms with Gasteiger partial charge in [-0.2, -0.15) is 15.2 Å². The van der Waals surface area contributed by atoms with E-state index in [2.05, 4.69) is 56.4 Å². The maximum absolute atomic E-state index is 14.6. The summed E-state index contributed by atoms with van der Waals surface area (Å²) in [7, 11) is 0. The Labute approximate surface area is 410 Å². The van der Waals surface area contributed by atoms with Crippen molar-refractivity contribution in [2.75, 3.05) is 26.3 Å². The molecule has 0 N–H and O–H groups in total. The van der Waals surface area contributed by atoms with Gasteiger partial charge in [-0.3, -0.25) is 14.6 Å². The predicted octanol–water partition coefficient (Wildman–Crippen LogP) is 10.3. The molecule has 1 amide bonds. The molecular weight excluding hydrogens is 979 g/mol. The molecule has 0 unspecified atom stereocenters. The number of pyridine rings is 3. The minimum Gasteiger partial charge on any atom is -0.429 e. The number of halogens is 10. The van der Waals surface area contributed by atoms with E-state index < -0.39 is 52.8 Å². The van der Waals surface area contributed by atoms with E-state index in [9.17, 15) is 40.3 Å². The van der Waals surface area contributed by atoms with Crippen LogP contribution in [0.1, 0.15) is 86.6 Å². The first-order chi connectivity index (χ1) is 31.0. The van der Waals surface area contributed by atoms with E-state index in [0.717, 1.165) is 49.5 Å². The minimum absolute atomic E-state index is 0. The number of benzene rings is 2. The van der Waals surface area contributed by atoms with Crippen LogP contribution in [0.2, 0.25) is 10.3 Å². The molecule has 2 aromatic carbocycles. The van der Waals surface area contributed by atoms with E-state index >= 15 is 0 Å². The Hall–Kier alpha value is -4.08. The summed E-state index contributed by atoms with van der Waals surface area (Å²) in [5.74, 6) is -9.77. The number of rotatable bonds is 10. The zero-order valence-corrected chi connectivity index (χ0v) is 39.5. The van der Waals surface area contributed by atoms with Crippen molar-refractivity contribution in [3.63, 3.8) is 0 Å². The van der Waals surface area contributed by atoms with Crippen LogP contribution in [-0.4, -0.2) is 58.9 Å². The van der Waals surface area contributed by atoms with Crippen LogP contribution in [0.5, 0.6) is 5.75 Å². The standard InChI is InChI=1S/C25H20F7NO3.C6H4ClNO.C6H11NO.C5H3BrClN.C4H9.Li/c1-2-3-13-11-34-24(35-12-13)14-4-5-21(33-10-14)15-6-17(26)22(18(27)7-15)25(31,32)36-16-8-19(28)23(30)20(29)9-16;7-6-2-1-5(4-9)3-8-6;8-6-7-4-2-1-3-5-7;6-4-1-2-5(7)8-3-4;1-3-4-2;/h4-10,13,24H,2-3,11-12H2,1H3;1-4H;6H,1-5H2;1-3H;1,3-4H2,2H3;/q;;;;-1;+1. The van der Waals surface area contributed by atoms with Gasteiger partial charge in [-0.25, -0.2) is 31.9 Å². The number of carbonyl (C=O) groups is 2.